The van der Waals surface area contributed by atoms with E-state index < -0.39 is 11.7 Å². The van der Waals surface area contributed by atoms with Crippen LogP contribution in [-0.2, 0) is 23.8 Å². The number of hydrogen-bond acceptors (Lipinski definition) is 13. The summed E-state index contributed by atoms with van der Waals surface area (Å²) < 4.78 is 38.5. The Hall–Kier alpha value is -5.04. The number of methoxy groups -OCH3 is 4. The average Bonchev–Trinajstić information content (AvgIpc) is 3.37. The van der Waals surface area contributed by atoms with Crippen molar-refractivity contribution < 1.29 is 57.1 Å². The van der Waals surface area contributed by atoms with Crippen molar-refractivity contribution in [2.45, 2.75) is 181 Å². The first-order valence-corrected chi connectivity index (χ1v) is 27.3. The molecular weight excluding hydrogens is 996 g/mol. The molecule has 19 heteroatoms. The Kier molecular flexibility index (Phi) is 31.2. The highest BCUT2D eigenvalue weighted by Gasteiger charge is 2.40. The third-order valence-corrected chi connectivity index (χ3v) is 13.0. The summed E-state index contributed by atoms with van der Waals surface area (Å²) in [5, 5.41) is 9.43. The number of carbonyl (C=O) groups excluding carboxylic acids is 5. The second kappa shape index (κ2) is 35.4. The van der Waals surface area contributed by atoms with E-state index >= 15 is 0 Å². The van der Waals surface area contributed by atoms with Crippen molar-refractivity contribution in [2.75, 3.05) is 81.0 Å². The summed E-state index contributed by atoms with van der Waals surface area (Å²) in [6.07, 6.45) is 8.60. The molecule has 0 aliphatic carbocycles. The van der Waals surface area contributed by atoms with Crippen LogP contribution >= 0.6 is 12.4 Å². The highest BCUT2D eigenvalue weighted by Crippen LogP contribution is 2.33. The van der Waals surface area contributed by atoms with Crippen molar-refractivity contribution in [2.24, 2.45) is 0 Å². The minimum Gasteiger partial charge on any atom is -0.493 e. The van der Waals surface area contributed by atoms with Gasteiger partial charge >= 0.3 is 6.09 Å². The van der Waals surface area contributed by atoms with Crippen molar-refractivity contribution in [3.8, 4) is 23.0 Å². The van der Waals surface area contributed by atoms with Gasteiger partial charge in [-0.3, -0.25) is 19.2 Å². The number of likely N-dealkylation sites (tertiary alicyclic amines) is 1. The van der Waals surface area contributed by atoms with Crippen LogP contribution in [0.3, 0.4) is 0 Å². The van der Waals surface area contributed by atoms with E-state index in [2.05, 4.69) is 29.8 Å². The number of unbranched alkanes of at least 4 members (excludes halogenated alkanes) is 2. The largest absolute Gasteiger partial charge is 0.493 e. The number of halogens is 1. The normalized spacial score (nSPS) is 17.3. The first kappa shape index (κ1) is 67.1. The molecule has 2 aliphatic heterocycles. The van der Waals surface area contributed by atoms with Crippen molar-refractivity contribution in [1.82, 2.24) is 30.7 Å². The molecule has 2 heterocycles. The number of ether oxygens (including phenoxy) is 7. The lowest BCUT2D eigenvalue weighted by Gasteiger charge is -2.45. The molecule has 2 fully saturated rings. The van der Waals surface area contributed by atoms with Crippen LogP contribution in [0.1, 0.15) is 160 Å². The van der Waals surface area contributed by atoms with E-state index in [9.17, 15) is 24.0 Å². The molecule has 5 amide bonds. The Balaban J connectivity index is 0.000000522. The van der Waals surface area contributed by atoms with Crippen LogP contribution in [0.4, 0.5) is 4.79 Å². The molecule has 0 spiro atoms. The van der Waals surface area contributed by atoms with E-state index in [1.54, 1.807) is 69.7 Å². The van der Waals surface area contributed by atoms with E-state index in [0.29, 0.717) is 99.3 Å². The van der Waals surface area contributed by atoms with Gasteiger partial charge in [-0.05, 0) is 123 Å². The Morgan fingerprint density at radius 1 is 0.645 bits per heavy atom. The lowest BCUT2D eigenvalue weighted by Crippen LogP contribution is -2.58. The molecule has 0 radical (unpaired) electrons. The van der Waals surface area contributed by atoms with Crippen LogP contribution in [0.25, 0.3) is 0 Å². The second-order valence-corrected chi connectivity index (χ2v) is 20.9. The molecule has 0 saturated carbocycles. The molecule has 76 heavy (non-hydrogen) atoms. The summed E-state index contributed by atoms with van der Waals surface area (Å²) >= 11 is 0. The summed E-state index contributed by atoms with van der Waals surface area (Å²) in [5.74, 6) is 2.03. The standard InChI is InChI=1S/C31H51N3O7.C26H43N3O5.ClH/c1-9-10-16-32-28(35)20-24-13-14-25(21-33(24)30(37)41-31(4,5)6)34(22(2)3)29(36)23-12-15-26(39-8)27(19-23)40-18-11-17-38-7;1-6-7-13-27-25(30)17-21-10-11-22(18-28-21)29(19(2)3)26(31)20-9-12-23(33-5)24(16-20)34-15-8-14-32-4;/h12,15,19,22,24-25H,9-11,13-14,16-18,20-21H2,1-8H3,(H,32,35);9,12,16,19,21-22,28H,6-8,10-11,13-15,17-18H2,1-5H3,(H,27,30);1H/t24-,25+;21-,22+;/m00./s1. The van der Waals surface area contributed by atoms with Crippen molar-refractivity contribution in [1.29, 1.82) is 0 Å². The number of hydrogen-bond donors (Lipinski definition) is 3. The van der Waals surface area contributed by atoms with Crippen LogP contribution in [0.15, 0.2) is 36.4 Å². The van der Waals surface area contributed by atoms with Gasteiger partial charge in [0.15, 0.2) is 23.0 Å². The van der Waals surface area contributed by atoms with Crippen LogP contribution in [0.2, 0.25) is 0 Å². The molecule has 0 bridgehead atoms. The molecule has 2 aliphatic rings. The lowest BCUT2D eigenvalue weighted by atomic mass is 9.93. The van der Waals surface area contributed by atoms with E-state index in [-0.39, 0.29) is 85.3 Å². The average molecular weight is 1090 g/mol. The number of amides is 5. The molecule has 18 nitrogen and oxygen atoms in total. The van der Waals surface area contributed by atoms with Gasteiger partial charge in [-0.15, -0.1) is 12.4 Å². The van der Waals surface area contributed by atoms with E-state index in [0.717, 1.165) is 51.5 Å². The van der Waals surface area contributed by atoms with E-state index in [4.69, 9.17) is 33.2 Å². The SMILES string of the molecule is CCCCNC(=O)C[C@@H]1CC[C@@H](N(C(=O)c2ccc(OC)c(OCCCOC)c2)C(C)C)CN1.CCCCNC(=O)C[C@@H]1CC[C@@H](N(C(=O)c2ccc(OC)c(OCCCOC)c2)C(C)C)CN1C(=O)OC(C)(C)C.Cl. The summed E-state index contributed by atoms with van der Waals surface area (Å²) in [5.41, 5.74) is 0.366. The molecular formula is C57H95ClN6O12. The van der Waals surface area contributed by atoms with Gasteiger partial charge in [0.2, 0.25) is 11.8 Å². The van der Waals surface area contributed by atoms with Gasteiger partial charge in [-0.25, -0.2) is 4.79 Å². The van der Waals surface area contributed by atoms with Gasteiger partial charge in [-0.1, -0.05) is 26.7 Å². The fourth-order valence-electron chi connectivity index (χ4n) is 9.25. The summed E-state index contributed by atoms with van der Waals surface area (Å²) in [7, 11) is 6.45. The van der Waals surface area contributed by atoms with Gasteiger partial charge in [0.25, 0.3) is 11.8 Å². The Bertz CT molecular complexity index is 2050. The molecule has 3 N–H and O–H groups in total. The Labute approximate surface area is 461 Å². The molecule has 432 valence electrons. The maximum Gasteiger partial charge on any atom is 0.410 e. The van der Waals surface area contributed by atoms with Crippen molar-refractivity contribution in [3.63, 3.8) is 0 Å². The summed E-state index contributed by atoms with van der Waals surface area (Å²) in [6, 6.07) is 10.1. The minimum atomic E-state index is -0.686. The topological polar surface area (TPSA) is 196 Å². The van der Waals surface area contributed by atoms with Crippen molar-refractivity contribution in [3.05, 3.63) is 47.5 Å². The molecule has 0 unspecified atom stereocenters. The van der Waals surface area contributed by atoms with Crippen molar-refractivity contribution >= 4 is 42.1 Å². The second-order valence-electron chi connectivity index (χ2n) is 20.9. The zero-order chi connectivity index (χ0) is 55.5. The number of rotatable bonds is 28. The Morgan fingerprint density at radius 2 is 1.12 bits per heavy atom. The quantitative estimate of drug-likeness (QED) is 0.0685. The lowest BCUT2D eigenvalue weighted by molar-refractivity contribution is -0.123. The van der Waals surface area contributed by atoms with Crippen LogP contribution in [0.5, 0.6) is 23.0 Å². The fourth-order valence-corrected chi connectivity index (χ4v) is 9.25. The highest BCUT2D eigenvalue weighted by atomic mass is 35.5. The van der Waals surface area contributed by atoms with Crippen LogP contribution < -0.4 is 34.9 Å². The first-order chi connectivity index (χ1) is 35.8. The predicted molar refractivity (Wildman–Crippen MR) is 299 cm³/mol. The Morgan fingerprint density at radius 3 is 1.54 bits per heavy atom. The zero-order valence-corrected chi connectivity index (χ0v) is 49.0. The molecule has 2 aromatic carbocycles. The van der Waals surface area contributed by atoms with Gasteiger partial charge in [0.05, 0.1) is 33.5 Å². The summed E-state index contributed by atoms with van der Waals surface area (Å²) in [6.45, 7) is 22.1. The molecule has 2 saturated heterocycles. The third kappa shape index (κ3) is 22.5. The number of piperidine rings is 2. The number of benzene rings is 2. The van der Waals surface area contributed by atoms with Crippen LogP contribution in [0, 0.1) is 0 Å². The maximum atomic E-state index is 13.9. The summed E-state index contributed by atoms with van der Waals surface area (Å²) in [4.78, 5) is 71.0. The predicted octanol–water partition coefficient (Wildman–Crippen LogP) is 8.85. The maximum absolute atomic E-state index is 13.9. The first-order valence-electron chi connectivity index (χ1n) is 27.3. The fraction of sp³-hybridized carbons (Fsp3) is 0.702. The van der Waals surface area contributed by atoms with Gasteiger partial charge in [0.1, 0.15) is 5.60 Å². The van der Waals surface area contributed by atoms with E-state index in [1.165, 1.54) is 0 Å². The van der Waals surface area contributed by atoms with E-state index in [1.807, 2.05) is 58.3 Å². The molecule has 4 atom stereocenters. The highest BCUT2D eigenvalue weighted by molar-refractivity contribution is 5.96. The zero-order valence-electron chi connectivity index (χ0n) is 48.2. The number of nitrogens with zero attached hydrogens (tertiary/aromatic N) is 3. The van der Waals surface area contributed by atoms with Gasteiger partial charge in [0, 0.05) is 121 Å². The molecule has 0 aromatic heterocycles. The molecule has 4 rings (SSSR count). The van der Waals surface area contributed by atoms with Gasteiger partial charge < -0.3 is 63.8 Å². The minimum absolute atomic E-state index is 0. The monoisotopic (exact) mass is 1090 g/mol. The van der Waals surface area contributed by atoms with Crippen LogP contribution in [-0.4, -0.2) is 167 Å². The smallest absolute Gasteiger partial charge is 0.410 e. The number of nitrogens with one attached hydrogen (secondary N) is 3. The van der Waals surface area contributed by atoms with Gasteiger partial charge in [-0.2, -0.15) is 0 Å². The molecule has 2 aromatic rings. The third-order valence-electron chi connectivity index (χ3n) is 13.0. The number of carbonyl (C=O) groups is 5.